The Balaban J connectivity index is 1.19. The summed E-state index contributed by atoms with van der Waals surface area (Å²) in [5.74, 6) is 0.900. The van der Waals surface area contributed by atoms with Gasteiger partial charge in [-0.15, -0.1) is 0 Å². The summed E-state index contributed by atoms with van der Waals surface area (Å²) in [6, 6.07) is 16.8. The largest absolute Gasteiger partial charge is 0.494 e. The van der Waals surface area contributed by atoms with Crippen LogP contribution in [-0.2, 0) is 9.47 Å². The van der Waals surface area contributed by atoms with Gasteiger partial charge in [-0.3, -0.25) is 0 Å². The summed E-state index contributed by atoms with van der Waals surface area (Å²) in [6.45, 7) is 2.34. The SMILES string of the molecule is O=C(Oc1cc[c]cc1)c1ccc(OCCCCCCCCOC2CCCCO2)cc1. The van der Waals surface area contributed by atoms with Gasteiger partial charge in [0.25, 0.3) is 0 Å². The molecule has 1 radical (unpaired) electrons. The zero-order chi connectivity index (χ0) is 21.6. The smallest absolute Gasteiger partial charge is 0.343 e. The van der Waals surface area contributed by atoms with Crippen molar-refractivity contribution in [1.82, 2.24) is 0 Å². The fourth-order valence-electron chi connectivity index (χ4n) is 3.45. The summed E-state index contributed by atoms with van der Waals surface area (Å²) >= 11 is 0. The lowest BCUT2D eigenvalue weighted by molar-refractivity contribution is -0.162. The highest BCUT2D eigenvalue weighted by atomic mass is 16.7. The molecule has 0 N–H and O–H groups in total. The van der Waals surface area contributed by atoms with Gasteiger partial charge in [0, 0.05) is 13.2 Å². The lowest BCUT2D eigenvalue weighted by atomic mass is 10.1. The molecule has 1 atom stereocenters. The molecule has 2 aromatic rings. The highest BCUT2D eigenvalue weighted by Crippen LogP contribution is 2.17. The first-order chi connectivity index (χ1) is 15.3. The van der Waals surface area contributed by atoms with Crippen molar-refractivity contribution < 1.29 is 23.7 Å². The Hall–Kier alpha value is -2.37. The fourth-order valence-corrected chi connectivity index (χ4v) is 3.45. The van der Waals surface area contributed by atoms with Crippen molar-refractivity contribution in [3.63, 3.8) is 0 Å². The van der Waals surface area contributed by atoms with Crippen LogP contribution in [0.1, 0.15) is 68.1 Å². The molecule has 1 aliphatic heterocycles. The van der Waals surface area contributed by atoms with E-state index in [1.165, 1.54) is 25.7 Å². The monoisotopic (exact) mass is 425 g/mol. The first-order valence-electron chi connectivity index (χ1n) is 11.5. The molecule has 0 spiro atoms. The molecule has 5 heteroatoms. The summed E-state index contributed by atoms with van der Waals surface area (Å²) in [5, 5.41) is 0. The highest BCUT2D eigenvalue weighted by molar-refractivity contribution is 5.91. The van der Waals surface area contributed by atoms with E-state index in [1.807, 2.05) is 12.1 Å². The zero-order valence-electron chi connectivity index (χ0n) is 18.2. The summed E-state index contributed by atoms with van der Waals surface area (Å²) in [6.07, 6.45) is 10.4. The molecular weight excluding hydrogens is 392 g/mol. The van der Waals surface area contributed by atoms with Crippen LogP contribution in [0.5, 0.6) is 11.5 Å². The van der Waals surface area contributed by atoms with Crippen molar-refractivity contribution >= 4 is 5.97 Å². The Morgan fingerprint density at radius 3 is 2.29 bits per heavy atom. The molecule has 2 aromatic carbocycles. The minimum Gasteiger partial charge on any atom is -0.494 e. The number of benzene rings is 2. The van der Waals surface area contributed by atoms with Gasteiger partial charge in [-0.25, -0.2) is 4.79 Å². The Bertz CT molecular complexity index is 738. The van der Waals surface area contributed by atoms with E-state index < -0.39 is 0 Å². The van der Waals surface area contributed by atoms with E-state index in [-0.39, 0.29) is 12.3 Å². The van der Waals surface area contributed by atoms with Crippen molar-refractivity contribution in [1.29, 1.82) is 0 Å². The summed E-state index contributed by atoms with van der Waals surface area (Å²) in [5.41, 5.74) is 0.499. The van der Waals surface area contributed by atoms with Crippen LogP contribution in [0.15, 0.2) is 48.5 Å². The van der Waals surface area contributed by atoms with E-state index in [1.54, 1.807) is 36.4 Å². The third kappa shape index (κ3) is 9.11. The second kappa shape index (κ2) is 13.8. The molecule has 1 unspecified atom stereocenters. The van der Waals surface area contributed by atoms with Crippen molar-refractivity contribution in [3.05, 3.63) is 60.2 Å². The predicted molar refractivity (Wildman–Crippen MR) is 119 cm³/mol. The van der Waals surface area contributed by atoms with E-state index in [4.69, 9.17) is 18.9 Å². The summed E-state index contributed by atoms with van der Waals surface area (Å²) in [4.78, 5) is 12.1. The van der Waals surface area contributed by atoms with Gasteiger partial charge >= 0.3 is 5.97 Å². The van der Waals surface area contributed by atoms with Crippen LogP contribution in [-0.4, -0.2) is 32.1 Å². The number of esters is 1. The molecule has 3 rings (SSSR count). The van der Waals surface area contributed by atoms with Gasteiger partial charge in [0.15, 0.2) is 6.29 Å². The normalized spacial score (nSPS) is 16.1. The molecular formula is C26H33O5. The number of carbonyl (C=O) groups excluding carboxylic acids is 1. The number of rotatable bonds is 13. The number of ether oxygens (including phenoxy) is 4. The molecule has 167 valence electrons. The fraction of sp³-hybridized carbons (Fsp3) is 0.500. The van der Waals surface area contributed by atoms with Crippen LogP contribution in [0.3, 0.4) is 0 Å². The van der Waals surface area contributed by atoms with Crippen LogP contribution in [0.4, 0.5) is 0 Å². The van der Waals surface area contributed by atoms with Gasteiger partial charge in [0.05, 0.1) is 12.2 Å². The first-order valence-corrected chi connectivity index (χ1v) is 11.5. The summed E-state index contributed by atoms with van der Waals surface area (Å²) in [7, 11) is 0. The molecule has 1 heterocycles. The van der Waals surface area contributed by atoms with E-state index in [0.29, 0.717) is 17.9 Å². The molecule has 1 fully saturated rings. The Morgan fingerprint density at radius 2 is 1.58 bits per heavy atom. The van der Waals surface area contributed by atoms with Crippen molar-refractivity contribution in [2.75, 3.05) is 19.8 Å². The maximum absolute atomic E-state index is 12.1. The van der Waals surface area contributed by atoms with Crippen LogP contribution < -0.4 is 9.47 Å². The molecule has 0 bridgehead atoms. The van der Waals surface area contributed by atoms with Crippen molar-refractivity contribution in [2.45, 2.75) is 64.1 Å². The molecule has 1 saturated heterocycles. The number of unbranched alkanes of at least 4 members (excludes halogenated alkanes) is 5. The summed E-state index contributed by atoms with van der Waals surface area (Å²) < 4.78 is 22.4. The average molecular weight is 426 g/mol. The quantitative estimate of drug-likeness (QED) is 0.225. The van der Waals surface area contributed by atoms with Gasteiger partial charge in [0.2, 0.25) is 0 Å². The van der Waals surface area contributed by atoms with E-state index in [0.717, 1.165) is 51.1 Å². The number of hydrogen-bond donors (Lipinski definition) is 0. The second-order valence-corrected chi connectivity index (χ2v) is 7.79. The van der Waals surface area contributed by atoms with Crippen LogP contribution in [0, 0.1) is 6.07 Å². The van der Waals surface area contributed by atoms with Gasteiger partial charge in [-0.2, -0.15) is 0 Å². The van der Waals surface area contributed by atoms with E-state index in [2.05, 4.69) is 6.07 Å². The lowest BCUT2D eigenvalue weighted by Crippen LogP contribution is -2.22. The van der Waals surface area contributed by atoms with Gasteiger partial charge in [-0.05, 0) is 74.6 Å². The zero-order valence-corrected chi connectivity index (χ0v) is 18.2. The molecule has 0 aromatic heterocycles. The molecule has 5 nitrogen and oxygen atoms in total. The van der Waals surface area contributed by atoms with Gasteiger partial charge in [0.1, 0.15) is 11.5 Å². The standard InChI is InChI=1S/C26H33O5/c27-26(31-24-12-6-5-7-13-24)22-15-17-23(18-16-22)28-19-9-3-1-2-4-10-20-29-25-14-8-11-21-30-25/h6-7,12-13,15-18,25H,1-4,8-11,14,19-21H2. The molecule has 0 aliphatic carbocycles. The Morgan fingerprint density at radius 1 is 0.871 bits per heavy atom. The van der Waals surface area contributed by atoms with E-state index in [9.17, 15) is 4.79 Å². The number of carbonyl (C=O) groups is 1. The lowest BCUT2D eigenvalue weighted by Gasteiger charge is -2.22. The highest BCUT2D eigenvalue weighted by Gasteiger charge is 2.13. The minimum absolute atomic E-state index is 0.0354. The third-order valence-electron chi connectivity index (χ3n) is 5.24. The molecule has 1 aliphatic rings. The topological polar surface area (TPSA) is 54.0 Å². The maximum Gasteiger partial charge on any atom is 0.343 e. The predicted octanol–water partition coefficient (Wildman–Crippen LogP) is 5.97. The molecule has 0 amide bonds. The van der Waals surface area contributed by atoms with Crippen LogP contribution in [0.25, 0.3) is 0 Å². The van der Waals surface area contributed by atoms with Gasteiger partial charge < -0.3 is 18.9 Å². The number of hydrogen-bond acceptors (Lipinski definition) is 5. The Labute approximate surface area is 185 Å². The van der Waals surface area contributed by atoms with Crippen molar-refractivity contribution in [3.8, 4) is 11.5 Å². The first kappa shape index (κ1) is 23.3. The second-order valence-electron chi connectivity index (χ2n) is 7.79. The minimum atomic E-state index is -0.380. The van der Waals surface area contributed by atoms with Crippen LogP contribution in [0.2, 0.25) is 0 Å². The third-order valence-corrected chi connectivity index (χ3v) is 5.24. The maximum atomic E-state index is 12.1. The van der Waals surface area contributed by atoms with Crippen molar-refractivity contribution in [2.24, 2.45) is 0 Å². The average Bonchev–Trinajstić information content (AvgIpc) is 2.82. The Kier molecular flexibility index (Phi) is 10.4. The van der Waals surface area contributed by atoms with E-state index >= 15 is 0 Å². The van der Waals surface area contributed by atoms with Crippen LogP contribution >= 0.6 is 0 Å². The van der Waals surface area contributed by atoms with Gasteiger partial charge in [-0.1, -0.05) is 37.8 Å². The molecule has 31 heavy (non-hydrogen) atoms. The molecule has 0 saturated carbocycles.